The highest BCUT2D eigenvalue weighted by atomic mass is 19.3. The second-order valence-corrected chi connectivity index (χ2v) is 8.89. The Kier molecular flexibility index (Phi) is 7.72. The third-order valence-corrected chi connectivity index (χ3v) is 4.82. The van der Waals surface area contributed by atoms with Crippen molar-refractivity contribution in [3.8, 4) is 0 Å². The molecule has 0 aromatic carbocycles. The highest BCUT2D eigenvalue weighted by Gasteiger charge is 2.31. The normalized spacial score (nSPS) is 16.2. The van der Waals surface area contributed by atoms with Crippen LogP contribution in [-0.2, 0) is 5.92 Å². The minimum atomic E-state index is -3.39. The molecule has 2 rings (SSSR count). The summed E-state index contributed by atoms with van der Waals surface area (Å²) >= 11 is 0. The van der Waals surface area contributed by atoms with Gasteiger partial charge in [-0.2, -0.15) is 8.78 Å². The van der Waals surface area contributed by atoms with E-state index in [1.54, 1.807) is 20.0 Å². The molecule has 1 aliphatic rings. The molecule has 0 radical (unpaired) electrons. The molecule has 0 aliphatic heterocycles. The van der Waals surface area contributed by atoms with Gasteiger partial charge < -0.3 is 26.3 Å². The van der Waals surface area contributed by atoms with E-state index >= 15 is 0 Å². The highest BCUT2D eigenvalue weighted by Crippen LogP contribution is 2.29. The van der Waals surface area contributed by atoms with Gasteiger partial charge in [0.25, 0.3) is 5.91 Å². The molecular formula is C24H30F2N4O3. The number of alkyl halides is 2. The fourth-order valence-electron chi connectivity index (χ4n) is 2.94. The van der Waals surface area contributed by atoms with Gasteiger partial charge in [0.05, 0.1) is 16.9 Å². The molecule has 0 fully saturated rings. The number of nitrogens with zero attached hydrogens (tertiary/aromatic N) is 1. The number of pyridine rings is 1. The van der Waals surface area contributed by atoms with Crippen LogP contribution in [0.15, 0.2) is 66.0 Å². The van der Waals surface area contributed by atoms with Gasteiger partial charge >= 0.3 is 5.92 Å². The molecule has 0 atom stereocenters. The second-order valence-electron chi connectivity index (χ2n) is 8.89. The maximum atomic E-state index is 13.9. The first-order chi connectivity index (χ1) is 15.1. The van der Waals surface area contributed by atoms with E-state index in [0.717, 1.165) is 6.07 Å². The molecule has 0 saturated heterocycles. The third-order valence-electron chi connectivity index (χ3n) is 4.82. The number of carbonyl (C=O) groups is 1. The first kappa shape index (κ1) is 26.1. The average molecular weight is 461 g/mol. The van der Waals surface area contributed by atoms with Crippen LogP contribution in [0.4, 0.5) is 8.78 Å². The van der Waals surface area contributed by atoms with E-state index in [1.807, 2.05) is 0 Å². The standard InChI is InChI=1S/C24H30F2N4O3/c1-6-24(25,26)20-9-7-8-18(29-20)21(31)30-19-12-15(14-28-11-10-22(2,3)32)17(27)13-16(19)23(4,5)33/h6-9,12-14,27-28,32-33H,1,10-11H2,2-5H3,(H,30,31)/b15-14-,27-17?. The molecule has 1 aromatic rings. The second kappa shape index (κ2) is 9.76. The maximum absolute atomic E-state index is 13.9. The van der Waals surface area contributed by atoms with Crippen molar-refractivity contribution in [2.24, 2.45) is 0 Å². The topological polar surface area (TPSA) is 118 Å². The molecule has 0 unspecified atom stereocenters. The fraction of sp³-hybridized carbons (Fsp3) is 0.375. The Balaban J connectivity index is 2.32. The van der Waals surface area contributed by atoms with Gasteiger partial charge in [0, 0.05) is 29.6 Å². The van der Waals surface area contributed by atoms with Crippen LogP contribution in [0, 0.1) is 5.41 Å². The summed E-state index contributed by atoms with van der Waals surface area (Å²) in [5.74, 6) is -4.14. The summed E-state index contributed by atoms with van der Waals surface area (Å²) in [5, 5.41) is 34.2. The Labute approximate surface area is 192 Å². The summed E-state index contributed by atoms with van der Waals surface area (Å²) in [4.78, 5) is 16.6. The quantitative estimate of drug-likeness (QED) is 0.286. The zero-order valence-corrected chi connectivity index (χ0v) is 19.2. The van der Waals surface area contributed by atoms with Crippen molar-refractivity contribution in [2.75, 3.05) is 6.54 Å². The van der Waals surface area contributed by atoms with Crippen molar-refractivity contribution in [2.45, 2.75) is 51.2 Å². The Hall–Kier alpha value is -3.17. The summed E-state index contributed by atoms with van der Waals surface area (Å²) in [5.41, 5.74) is -2.07. The first-order valence-corrected chi connectivity index (χ1v) is 10.4. The number of aromatic nitrogens is 1. The summed E-state index contributed by atoms with van der Waals surface area (Å²) in [6.07, 6.45) is 5.42. The predicted octanol–water partition coefficient (Wildman–Crippen LogP) is 3.34. The van der Waals surface area contributed by atoms with Crippen molar-refractivity contribution < 1.29 is 23.8 Å². The molecule has 33 heavy (non-hydrogen) atoms. The van der Waals surface area contributed by atoms with E-state index in [9.17, 15) is 23.8 Å². The van der Waals surface area contributed by atoms with E-state index in [2.05, 4.69) is 22.2 Å². The number of carbonyl (C=O) groups excluding carboxylic acids is 1. The largest absolute Gasteiger partial charge is 0.390 e. The number of aliphatic hydroxyl groups is 2. The van der Waals surface area contributed by atoms with Gasteiger partial charge in [-0.3, -0.25) is 4.79 Å². The van der Waals surface area contributed by atoms with Crippen molar-refractivity contribution in [1.82, 2.24) is 15.6 Å². The van der Waals surface area contributed by atoms with Crippen LogP contribution in [0.2, 0.25) is 0 Å². The molecule has 178 valence electrons. The third kappa shape index (κ3) is 7.16. The minimum Gasteiger partial charge on any atom is -0.390 e. The van der Waals surface area contributed by atoms with E-state index in [-0.39, 0.29) is 22.7 Å². The molecule has 0 bridgehead atoms. The molecule has 9 heteroatoms. The molecule has 7 nitrogen and oxygen atoms in total. The lowest BCUT2D eigenvalue weighted by Gasteiger charge is -2.28. The lowest BCUT2D eigenvalue weighted by Crippen LogP contribution is -2.35. The summed E-state index contributed by atoms with van der Waals surface area (Å²) in [6.45, 7) is 9.92. The fourth-order valence-corrected chi connectivity index (χ4v) is 2.94. The van der Waals surface area contributed by atoms with Crippen molar-refractivity contribution in [1.29, 1.82) is 5.41 Å². The number of amides is 1. The maximum Gasteiger partial charge on any atom is 0.307 e. The molecule has 5 N–H and O–H groups in total. The molecule has 0 saturated carbocycles. The molecule has 0 spiro atoms. The minimum absolute atomic E-state index is 0.103. The number of nitrogens with one attached hydrogen (secondary N) is 3. The van der Waals surface area contributed by atoms with Crippen LogP contribution in [0.5, 0.6) is 0 Å². The zero-order valence-electron chi connectivity index (χ0n) is 19.2. The van der Waals surface area contributed by atoms with Gasteiger partial charge in [-0.05, 0) is 64.5 Å². The lowest BCUT2D eigenvalue weighted by molar-refractivity contribution is 0.0474. The van der Waals surface area contributed by atoms with Crippen LogP contribution in [0.25, 0.3) is 0 Å². The zero-order chi connectivity index (χ0) is 25.0. The molecular weight excluding hydrogens is 430 g/mol. The van der Waals surface area contributed by atoms with Gasteiger partial charge in [0.1, 0.15) is 11.4 Å². The van der Waals surface area contributed by atoms with E-state index < -0.39 is 28.7 Å². The van der Waals surface area contributed by atoms with E-state index in [0.29, 0.717) is 24.6 Å². The van der Waals surface area contributed by atoms with Gasteiger partial charge in [-0.25, -0.2) is 4.98 Å². The summed E-state index contributed by atoms with van der Waals surface area (Å²) in [6, 6.07) is 3.69. The Morgan fingerprint density at radius 2 is 1.88 bits per heavy atom. The Morgan fingerprint density at radius 3 is 2.45 bits per heavy atom. The Morgan fingerprint density at radius 1 is 1.21 bits per heavy atom. The van der Waals surface area contributed by atoms with Crippen molar-refractivity contribution in [3.63, 3.8) is 0 Å². The highest BCUT2D eigenvalue weighted by molar-refractivity contribution is 6.11. The number of hydrogen-bond donors (Lipinski definition) is 5. The summed E-state index contributed by atoms with van der Waals surface area (Å²) in [7, 11) is 0. The molecule has 1 aliphatic carbocycles. The van der Waals surface area contributed by atoms with Crippen LogP contribution in [-0.4, -0.2) is 44.6 Å². The van der Waals surface area contributed by atoms with Gasteiger partial charge in [0.2, 0.25) is 0 Å². The number of allylic oxidation sites excluding steroid dienone is 4. The molecule has 1 amide bonds. The average Bonchev–Trinajstić information content (AvgIpc) is 2.71. The lowest BCUT2D eigenvalue weighted by atomic mass is 9.87. The Bertz CT molecular complexity index is 1030. The van der Waals surface area contributed by atoms with Crippen LogP contribution in [0.3, 0.4) is 0 Å². The predicted molar refractivity (Wildman–Crippen MR) is 123 cm³/mol. The van der Waals surface area contributed by atoms with E-state index in [4.69, 9.17) is 5.41 Å². The van der Waals surface area contributed by atoms with Crippen LogP contribution >= 0.6 is 0 Å². The van der Waals surface area contributed by atoms with Crippen molar-refractivity contribution >= 4 is 11.6 Å². The van der Waals surface area contributed by atoms with Crippen LogP contribution in [0.1, 0.15) is 50.3 Å². The summed E-state index contributed by atoms with van der Waals surface area (Å²) < 4.78 is 27.8. The van der Waals surface area contributed by atoms with Gasteiger partial charge in [-0.15, -0.1) is 0 Å². The van der Waals surface area contributed by atoms with Gasteiger partial charge in [0.15, 0.2) is 0 Å². The molecule has 1 heterocycles. The number of hydrogen-bond acceptors (Lipinski definition) is 6. The van der Waals surface area contributed by atoms with E-state index in [1.165, 1.54) is 38.1 Å². The number of halogens is 2. The first-order valence-electron chi connectivity index (χ1n) is 10.4. The van der Waals surface area contributed by atoms with Crippen molar-refractivity contribution in [3.05, 3.63) is 77.4 Å². The van der Waals surface area contributed by atoms with Crippen LogP contribution < -0.4 is 10.6 Å². The monoisotopic (exact) mass is 460 g/mol. The van der Waals surface area contributed by atoms with Gasteiger partial charge in [-0.1, -0.05) is 12.6 Å². The SMILES string of the molecule is C=CC(F)(F)c1cccc(C(=O)NC2=C/C(=C/NCCC(C)(C)O)C(=N)C=C2C(C)(C)O)n1. The molecule has 1 aromatic heterocycles. The smallest absolute Gasteiger partial charge is 0.307 e. The number of rotatable bonds is 9.